The average Bonchev–Trinajstić information content (AvgIpc) is 3.51. The number of carbonyl (C=O) groups is 1. The van der Waals surface area contributed by atoms with Crippen LogP contribution in [0.4, 0.5) is 11.4 Å². The minimum atomic E-state index is -0.563. The van der Waals surface area contributed by atoms with Gasteiger partial charge in [0.25, 0.3) is 0 Å². The molecule has 1 aliphatic carbocycles. The standard InChI is InChI=1S/C27H33N3O4/c1-27(2,3)34-26(31)20-8-7-9-21(14-20)30(18-19-16-28-29-17-19)22-12-13-24(32-4)25(15-22)33-23-10-5-6-11-23/h7-9,12-17,23H,5-6,10-11,18H2,1-4H3,(H,28,29). The first-order chi connectivity index (χ1) is 16.3. The highest BCUT2D eigenvalue weighted by Crippen LogP contribution is 2.38. The van der Waals surface area contributed by atoms with Crippen LogP contribution in [-0.4, -0.2) is 35.0 Å². The van der Waals surface area contributed by atoms with E-state index in [1.54, 1.807) is 19.4 Å². The van der Waals surface area contributed by atoms with Gasteiger partial charge in [-0.1, -0.05) is 6.07 Å². The van der Waals surface area contributed by atoms with E-state index in [1.807, 2.05) is 63.4 Å². The lowest BCUT2D eigenvalue weighted by Gasteiger charge is -2.27. The summed E-state index contributed by atoms with van der Waals surface area (Å²) in [5.41, 5.74) is 2.74. The predicted octanol–water partition coefficient (Wildman–Crippen LogP) is 6.03. The molecule has 7 heteroatoms. The van der Waals surface area contributed by atoms with Crippen molar-refractivity contribution in [3.05, 3.63) is 66.0 Å². The zero-order valence-corrected chi connectivity index (χ0v) is 20.3. The van der Waals surface area contributed by atoms with E-state index in [4.69, 9.17) is 14.2 Å². The summed E-state index contributed by atoms with van der Waals surface area (Å²) in [5.74, 6) is 1.09. The molecule has 2 aromatic carbocycles. The van der Waals surface area contributed by atoms with E-state index in [0.29, 0.717) is 17.9 Å². The molecule has 34 heavy (non-hydrogen) atoms. The first kappa shape index (κ1) is 23.7. The van der Waals surface area contributed by atoms with Crippen LogP contribution in [0.1, 0.15) is 62.4 Å². The van der Waals surface area contributed by atoms with Gasteiger partial charge in [0.2, 0.25) is 0 Å². The smallest absolute Gasteiger partial charge is 0.338 e. The molecule has 0 spiro atoms. The molecule has 0 amide bonds. The molecular weight excluding hydrogens is 430 g/mol. The topological polar surface area (TPSA) is 76.7 Å². The third-order valence-electron chi connectivity index (χ3n) is 5.74. The minimum absolute atomic E-state index is 0.210. The first-order valence-electron chi connectivity index (χ1n) is 11.8. The Kier molecular flexibility index (Phi) is 7.10. The van der Waals surface area contributed by atoms with Gasteiger partial charge >= 0.3 is 5.97 Å². The van der Waals surface area contributed by atoms with Crippen molar-refractivity contribution in [2.24, 2.45) is 0 Å². The zero-order chi connectivity index (χ0) is 24.1. The maximum absolute atomic E-state index is 12.7. The predicted molar refractivity (Wildman–Crippen MR) is 132 cm³/mol. The van der Waals surface area contributed by atoms with Crippen molar-refractivity contribution < 1.29 is 19.0 Å². The van der Waals surface area contributed by atoms with Crippen LogP contribution in [0.2, 0.25) is 0 Å². The van der Waals surface area contributed by atoms with Gasteiger partial charge in [0.1, 0.15) is 5.60 Å². The number of aromatic amines is 1. The largest absolute Gasteiger partial charge is 0.493 e. The van der Waals surface area contributed by atoms with Crippen LogP contribution in [0.3, 0.4) is 0 Å². The van der Waals surface area contributed by atoms with Crippen LogP contribution in [-0.2, 0) is 11.3 Å². The number of H-pyrrole nitrogens is 1. The number of anilines is 2. The van der Waals surface area contributed by atoms with Crippen molar-refractivity contribution in [1.29, 1.82) is 0 Å². The number of carbonyl (C=O) groups excluding carboxylic acids is 1. The highest BCUT2D eigenvalue weighted by molar-refractivity contribution is 5.91. The van der Waals surface area contributed by atoms with Crippen molar-refractivity contribution in [3.8, 4) is 11.5 Å². The number of benzene rings is 2. The molecule has 0 saturated heterocycles. The number of methoxy groups -OCH3 is 1. The van der Waals surface area contributed by atoms with Crippen molar-refractivity contribution in [2.45, 2.75) is 64.7 Å². The lowest BCUT2D eigenvalue weighted by atomic mass is 10.1. The van der Waals surface area contributed by atoms with Gasteiger partial charge in [0.15, 0.2) is 11.5 Å². The normalized spacial score (nSPS) is 14.1. The van der Waals surface area contributed by atoms with Crippen LogP contribution >= 0.6 is 0 Å². The first-order valence-corrected chi connectivity index (χ1v) is 11.8. The third-order valence-corrected chi connectivity index (χ3v) is 5.74. The van der Waals surface area contributed by atoms with Gasteiger partial charge in [0, 0.05) is 29.2 Å². The van der Waals surface area contributed by atoms with E-state index in [2.05, 4.69) is 15.1 Å². The van der Waals surface area contributed by atoms with E-state index < -0.39 is 5.60 Å². The molecule has 180 valence electrons. The maximum atomic E-state index is 12.7. The molecule has 1 heterocycles. The molecule has 0 aliphatic heterocycles. The summed E-state index contributed by atoms with van der Waals surface area (Å²) >= 11 is 0. The Balaban J connectivity index is 1.70. The molecular formula is C27H33N3O4. The van der Waals surface area contributed by atoms with Gasteiger partial charge < -0.3 is 19.1 Å². The minimum Gasteiger partial charge on any atom is -0.493 e. The lowest BCUT2D eigenvalue weighted by molar-refractivity contribution is 0.00695. The van der Waals surface area contributed by atoms with E-state index in [9.17, 15) is 4.79 Å². The highest BCUT2D eigenvalue weighted by Gasteiger charge is 2.22. The summed E-state index contributed by atoms with van der Waals surface area (Å²) in [4.78, 5) is 14.9. The molecule has 1 aliphatic rings. The summed E-state index contributed by atoms with van der Waals surface area (Å²) in [7, 11) is 1.66. The molecule has 0 bridgehead atoms. The number of nitrogens with zero attached hydrogens (tertiary/aromatic N) is 2. The van der Waals surface area contributed by atoms with E-state index >= 15 is 0 Å². The average molecular weight is 464 g/mol. The molecule has 1 saturated carbocycles. The number of hydrogen-bond donors (Lipinski definition) is 1. The molecule has 1 fully saturated rings. The Morgan fingerprint density at radius 1 is 1.09 bits per heavy atom. The van der Waals surface area contributed by atoms with E-state index in [-0.39, 0.29) is 12.1 Å². The van der Waals surface area contributed by atoms with Crippen molar-refractivity contribution in [3.63, 3.8) is 0 Å². The van der Waals surface area contributed by atoms with E-state index in [0.717, 1.165) is 35.5 Å². The monoisotopic (exact) mass is 463 g/mol. The van der Waals surface area contributed by atoms with Gasteiger partial charge in [0.05, 0.1) is 31.5 Å². The second-order valence-corrected chi connectivity index (χ2v) is 9.60. The zero-order valence-electron chi connectivity index (χ0n) is 20.3. The fourth-order valence-electron chi connectivity index (χ4n) is 4.13. The van der Waals surface area contributed by atoms with Crippen molar-refractivity contribution in [2.75, 3.05) is 12.0 Å². The maximum Gasteiger partial charge on any atom is 0.338 e. The van der Waals surface area contributed by atoms with Gasteiger partial charge in [-0.25, -0.2) is 4.79 Å². The Labute approximate surface area is 201 Å². The SMILES string of the molecule is COc1ccc(N(Cc2cn[nH]c2)c2cccc(C(=O)OC(C)(C)C)c2)cc1OC1CCCC1. The molecule has 0 atom stereocenters. The molecule has 7 nitrogen and oxygen atoms in total. The van der Waals surface area contributed by atoms with Crippen molar-refractivity contribution in [1.82, 2.24) is 10.2 Å². The number of aromatic nitrogens is 2. The Hall–Kier alpha value is -3.48. The highest BCUT2D eigenvalue weighted by atomic mass is 16.6. The molecule has 4 rings (SSSR count). The summed E-state index contributed by atoms with van der Waals surface area (Å²) in [6, 6.07) is 13.4. The van der Waals surface area contributed by atoms with Crippen LogP contribution in [0.15, 0.2) is 54.9 Å². The second kappa shape index (κ2) is 10.2. The van der Waals surface area contributed by atoms with Crippen LogP contribution in [0.25, 0.3) is 0 Å². The molecule has 3 aromatic rings. The molecule has 0 unspecified atom stereocenters. The summed E-state index contributed by atoms with van der Waals surface area (Å²) in [6.45, 7) is 6.15. The number of rotatable bonds is 8. The summed E-state index contributed by atoms with van der Waals surface area (Å²) in [5, 5.41) is 6.97. The molecule has 1 aromatic heterocycles. The van der Waals surface area contributed by atoms with Gasteiger partial charge in [-0.15, -0.1) is 0 Å². The number of esters is 1. The fourth-order valence-corrected chi connectivity index (χ4v) is 4.13. The summed E-state index contributed by atoms with van der Waals surface area (Å²) in [6.07, 6.45) is 8.37. The summed E-state index contributed by atoms with van der Waals surface area (Å²) < 4.78 is 17.5. The van der Waals surface area contributed by atoms with Crippen LogP contribution in [0, 0.1) is 0 Å². The van der Waals surface area contributed by atoms with E-state index in [1.165, 1.54) is 12.8 Å². The molecule has 0 radical (unpaired) electrons. The molecule has 1 N–H and O–H groups in total. The second-order valence-electron chi connectivity index (χ2n) is 9.60. The van der Waals surface area contributed by atoms with Crippen LogP contribution < -0.4 is 14.4 Å². The van der Waals surface area contributed by atoms with Gasteiger partial charge in [-0.3, -0.25) is 5.10 Å². The Morgan fingerprint density at radius 2 is 1.85 bits per heavy atom. The number of nitrogens with one attached hydrogen (secondary N) is 1. The van der Waals surface area contributed by atoms with Crippen LogP contribution in [0.5, 0.6) is 11.5 Å². The third kappa shape index (κ3) is 5.90. The van der Waals surface area contributed by atoms with Gasteiger partial charge in [-0.05, 0) is 76.8 Å². The van der Waals surface area contributed by atoms with Crippen molar-refractivity contribution >= 4 is 17.3 Å². The Morgan fingerprint density at radius 3 is 2.53 bits per heavy atom. The lowest BCUT2D eigenvalue weighted by Crippen LogP contribution is -2.24. The Bertz CT molecular complexity index is 1100. The number of hydrogen-bond acceptors (Lipinski definition) is 6. The van der Waals surface area contributed by atoms with Gasteiger partial charge in [-0.2, -0.15) is 5.10 Å². The quantitative estimate of drug-likeness (QED) is 0.411. The fraction of sp³-hybridized carbons (Fsp3) is 0.407. The number of ether oxygens (including phenoxy) is 3.